The van der Waals surface area contributed by atoms with E-state index >= 15 is 0 Å². The van der Waals surface area contributed by atoms with Crippen LogP contribution in [-0.2, 0) is 29.4 Å². The first-order chi connectivity index (χ1) is 16.4. The number of unbranched alkanes of at least 4 members (excludes halogenated alkanes) is 2. The van der Waals surface area contributed by atoms with E-state index in [-0.39, 0.29) is 4.90 Å². The molecule has 8 nitrogen and oxygen atoms in total. The predicted octanol–water partition coefficient (Wildman–Crippen LogP) is 4.08. The molecule has 0 aliphatic heterocycles. The summed E-state index contributed by atoms with van der Waals surface area (Å²) in [6.45, 7) is 3.29. The minimum atomic E-state index is -3.55. The van der Waals surface area contributed by atoms with Crippen LogP contribution >= 0.6 is 0 Å². The Kier molecular flexibility index (Phi) is 7.53. The third-order valence-electron chi connectivity index (χ3n) is 6.17. The van der Waals surface area contributed by atoms with Gasteiger partial charge in [0.15, 0.2) is 5.82 Å². The monoisotopic (exact) mass is 483 g/mol. The quantitative estimate of drug-likeness (QED) is 0.398. The van der Waals surface area contributed by atoms with Crippen molar-refractivity contribution in [3.05, 3.63) is 47.4 Å². The van der Waals surface area contributed by atoms with Crippen molar-refractivity contribution in [2.45, 2.75) is 63.3 Å². The molecule has 0 saturated heterocycles. The molecule has 0 amide bonds. The molecule has 4 rings (SSSR count). The van der Waals surface area contributed by atoms with E-state index in [2.05, 4.69) is 33.3 Å². The number of fused-ring (bicyclic) bond motifs is 3. The summed E-state index contributed by atoms with van der Waals surface area (Å²) in [5.74, 6) is 2.14. The second kappa shape index (κ2) is 10.6. The summed E-state index contributed by atoms with van der Waals surface area (Å²) in [5.41, 5.74) is 10.3. The second-order valence-corrected chi connectivity index (χ2v) is 10.3. The molecule has 0 atom stereocenters. The lowest BCUT2D eigenvalue weighted by atomic mass is 10.0. The number of nitrogens with zero attached hydrogens (tertiary/aromatic N) is 3. The van der Waals surface area contributed by atoms with Crippen molar-refractivity contribution in [1.82, 2.24) is 19.3 Å². The Bertz CT molecular complexity index is 1280. The Morgan fingerprint density at radius 1 is 1.15 bits per heavy atom. The third kappa shape index (κ3) is 5.10. The molecular formula is C25H33N5O3S. The molecule has 0 radical (unpaired) electrons. The largest absolute Gasteiger partial charge is 0.497 e. The summed E-state index contributed by atoms with van der Waals surface area (Å²) in [5, 5.41) is 0. The third-order valence-corrected chi connectivity index (χ3v) is 7.64. The molecule has 0 unspecified atom stereocenters. The lowest BCUT2D eigenvalue weighted by Crippen LogP contribution is -2.25. The van der Waals surface area contributed by atoms with E-state index in [1.165, 1.54) is 0 Å². The van der Waals surface area contributed by atoms with Crippen molar-refractivity contribution in [3.63, 3.8) is 0 Å². The summed E-state index contributed by atoms with van der Waals surface area (Å²) in [7, 11) is -2.00. The molecule has 2 heterocycles. The van der Waals surface area contributed by atoms with Crippen molar-refractivity contribution in [3.8, 4) is 5.75 Å². The van der Waals surface area contributed by atoms with Gasteiger partial charge in [-0.15, -0.1) is 0 Å². The van der Waals surface area contributed by atoms with E-state index in [4.69, 9.17) is 15.5 Å². The zero-order chi connectivity index (χ0) is 24.1. The van der Waals surface area contributed by atoms with Crippen molar-refractivity contribution in [2.75, 3.05) is 19.4 Å². The van der Waals surface area contributed by atoms with E-state index in [1.54, 1.807) is 31.4 Å². The molecule has 182 valence electrons. The smallest absolute Gasteiger partial charge is 0.240 e. The molecule has 1 aromatic carbocycles. The fraction of sp³-hybridized carbons (Fsp3) is 0.440. The molecule has 0 fully saturated rings. The van der Waals surface area contributed by atoms with Crippen LogP contribution in [0.25, 0.3) is 17.1 Å². The van der Waals surface area contributed by atoms with E-state index in [0.29, 0.717) is 24.5 Å². The number of ether oxygens (including phenoxy) is 1. The Morgan fingerprint density at radius 3 is 2.68 bits per heavy atom. The van der Waals surface area contributed by atoms with Crippen LogP contribution in [0.3, 0.4) is 0 Å². The molecule has 1 aliphatic rings. The van der Waals surface area contributed by atoms with Gasteiger partial charge in [0, 0.05) is 25.1 Å². The van der Waals surface area contributed by atoms with Gasteiger partial charge in [0.25, 0.3) is 0 Å². The number of nitrogens with one attached hydrogen (secondary N) is 1. The van der Waals surface area contributed by atoms with Gasteiger partial charge >= 0.3 is 0 Å². The number of allylic oxidation sites excluding steroid dienone is 1. The number of methoxy groups -OCH3 is 1. The molecule has 3 N–H and O–H groups in total. The zero-order valence-electron chi connectivity index (χ0n) is 19.9. The number of rotatable bonds is 11. The van der Waals surface area contributed by atoms with Gasteiger partial charge in [-0.1, -0.05) is 25.5 Å². The minimum absolute atomic E-state index is 0.233. The summed E-state index contributed by atoms with van der Waals surface area (Å²) in [6, 6.07) is 6.39. The number of sulfonamides is 1. The molecule has 34 heavy (non-hydrogen) atoms. The average Bonchev–Trinajstić information content (AvgIpc) is 3.22. The SMILES string of the molecule is CCCCc1nc2c(N)nc3c(c2n1CCCCNS(=O)(=O)c1ccc(OC)cc1)C=CCC3. The number of anilines is 1. The van der Waals surface area contributed by atoms with Crippen LogP contribution < -0.4 is 15.2 Å². The highest BCUT2D eigenvalue weighted by molar-refractivity contribution is 7.89. The Balaban J connectivity index is 1.47. The molecule has 0 spiro atoms. The Hall–Kier alpha value is -2.91. The van der Waals surface area contributed by atoms with Gasteiger partial charge in [0.1, 0.15) is 17.1 Å². The average molecular weight is 484 g/mol. The lowest BCUT2D eigenvalue weighted by molar-refractivity contribution is 0.414. The summed E-state index contributed by atoms with van der Waals surface area (Å²) in [6.07, 6.45) is 10.7. The first kappa shape index (κ1) is 24.2. The Morgan fingerprint density at radius 2 is 1.94 bits per heavy atom. The fourth-order valence-electron chi connectivity index (χ4n) is 4.34. The van der Waals surface area contributed by atoms with E-state index in [1.807, 2.05) is 0 Å². The first-order valence-electron chi connectivity index (χ1n) is 11.9. The molecular weight excluding hydrogens is 450 g/mol. The van der Waals surface area contributed by atoms with E-state index in [9.17, 15) is 8.42 Å². The Labute approximate surface area is 201 Å². The highest BCUT2D eigenvalue weighted by atomic mass is 32.2. The normalized spacial score (nSPS) is 13.4. The van der Waals surface area contributed by atoms with Crippen LogP contribution in [0, 0.1) is 0 Å². The van der Waals surface area contributed by atoms with E-state index in [0.717, 1.165) is 73.2 Å². The van der Waals surface area contributed by atoms with Gasteiger partial charge < -0.3 is 15.0 Å². The topological polar surface area (TPSA) is 112 Å². The lowest BCUT2D eigenvalue weighted by Gasteiger charge is -2.15. The van der Waals surface area contributed by atoms with Crippen LogP contribution in [0.15, 0.2) is 35.2 Å². The zero-order valence-corrected chi connectivity index (χ0v) is 20.7. The number of aryl methyl sites for hydroxylation is 3. The number of nitrogens with two attached hydrogens (primary N) is 1. The molecule has 0 saturated carbocycles. The van der Waals surface area contributed by atoms with Crippen molar-refractivity contribution in [2.24, 2.45) is 0 Å². The maximum absolute atomic E-state index is 12.6. The number of benzene rings is 1. The van der Waals surface area contributed by atoms with Crippen LogP contribution in [0.2, 0.25) is 0 Å². The number of pyridine rings is 1. The maximum Gasteiger partial charge on any atom is 0.240 e. The molecule has 1 aliphatic carbocycles. The van der Waals surface area contributed by atoms with Gasteiger partial charge in [0.05, 0.1) is 23.2 Å². The summed E-state index contributed by atoms with van der Waals surface area (Å²) >= 11 is 0. The van der Waals surface area contributed by atoms with Crippen molar-refractivity contribution in [1.29, 1.82) is 0 Å². The van der Waals surface area contributed by atoms with Gasteiger partial charge in [-0.2, -0.15) is 0 Å². The van der Waals surface area contributed by atoms with E-state index < -0.39 is 10.0 Å². The van der Waals surface area contributed by atoms with Crippen molar-refractivity contribution < 1.29 is 13.2 Å². The summed E-state index contributed by atoms with van der Waals surface area (Å²) in [4.78, 5) is 9.72. The standard InChI is InChI=1S/C25H33N5O3S/c1-3-4-11-22-29-23-24(20-9-5-6-10-21(20)28-25(23)26)30(22)17-8-7-16-27-34(31,32)19-14-12-18(33-2)13-15-19/h5,9,12-15,27H,3-4,6-8,10-11,16-17H2,1-2H3,(H2,26,28). The molecule has 9 heteroatoms. The maximum atomic E-state index is 12.6. The molecule has 3 aromatic rings. The van der Waals surface area contributed by atoms with Crippen LogP contribution in [-0.4, -0.2) is 36.6 Å². The highest BCUT2D eigenvalue weighted by Crippen LogP contribution is 2.31. The number of aromatic nitrogens is 3. The highest BCUT2D eigenvalue weighted by Gasteiger charge is 2.21. The fourth-order valence-corrected chi connectivity index (χ4v) is 5.41. The number of imidazole rings is 1. The number of hydrogen-bond donors (Lipinski definition) is 2. The second-order valence-electron chi connectivity index (χ2n) is 8.56. The molecule has 2 aromatic heterocycles. The molecule has 0 bridgehead atoms. The van der Waals surface area contributed by atoms with Crippen molar-refractivity contribution >= 4 is 33.0 Å². The van der Waals surface area contributed by atoms with Crippen LogP contribution in [0.5, 0.6) is 5.75 Å². The van der Waals surface area contributed by atoms with Gasteiger partial charge in [-0.05, 0) is 56.4 Å². The van der Waals surface area contributed by atoms with Gasteiger partial charge in [0.2, 0.25) is 10.0 Å². The predicted molar refractivity (Wildman–Crippen MR) is 135 cm³/mol. The first-order valence-corrected chi connectivity index (χ1v) is 13.4. The number of nitrogen functional groups attached to an aromatic ring is 1. The number of hydrogen-bond acceptors (Lipinski definition) is 6. The van der Waals surface area contributed by atoms with Gasteiger partial charge in [-0.25, -0.2) is 23.1 Å². The minimum Gasteiger partial charge on any atom is -0.497 e. The van der Waals surface area contributed by atoms with Gasteiger partial charge in [-0.3, -0.25) is 0 Å². The van der Waals surface area contributed by atoms with Crippen LogP contribution in [0.4, 0.5) is 5.82 Å². The van der Waals surface area contributed by atoms with Crippen LogP contribution in [0.1, 0.15) is 56.1 Å². The summed E-state index contributed by atoms with van der Waals surface area (Å²) < 4.78 is 35.2.